The highest BCUT2D eigenvalue weighted by molar-refractivity contribution is 8.00. The van der Waals surface area contributed by atoms with Crippen molar-refractivity contribution in [1.82, 2.24) is 0 Å². The Balaban J connectivity index is 1.69. The van der Waals surface area contributed by atoms with Gasteiger partial charge in [0.25, 0.3) is 0 Å². The third-order valence-electron chi connectivity index (χ3n) is 3.31. The van der Waals surface area contributed by atoms with E-state index in [1.54, 1.807) is 11.3 Å². The van der Waals surface area contributed by atoms with E-state index in [0.29, 0.717) is 5.92 Å². The fourth-order valence-corrected chi connectivity index (χ4v) is 4.21. The Morgan fingerprint density at radius 3 is 2.26 bits per heavy atom. The van der Waals surface area contributed by atoms with Crippen molar-refractivity contribution < 1.29 is 0 Å². The van der Waals surface area contributed by atoms with Crippen molar-refractivity contribution in [2.24, 2.45) is 0 Å². The van der Waals surface area contributed by atoms with Crippen LogP contribution in [0.15, 0.2) is 65.6 Å². The van der Waals surface area contributed by atoms with E-state index in [2.05, 4.69) is 93.3 Å². The molecule has 23 heavy (non-hydrogen) atoms. The Morgan fingerprint density at radius 2 is 1.61 bits per heavy atom. The number of allylic oxidation sites excluding steroid dienone is 4. The number of thiophene rings is 1. The van der Waals surface area contributed by atoms with Crippen molar-refractivity contribution in [1.29, 1.82) is 0 Å². The summed E-state index contributed by atoms with van der Waals surface area (Å²) in [7, 11) is 0. The van der Waals surface area contributed by atoms with Crippen molar-refractivity contribution in [2.45, 2.75) is 36.3 Å². The third-order valence-corrected chi connectivity index (χ3v) is 5.53. The van der Waals surface area contributed by atoms with Crippen molar-refractivity contribution >= 4 is 23.1 Å². The molecule has 0 saturated heterocycles. The van der Waals surface area contributed by atoms with Crippen LogP contribution in [-0.2, 0) is 0 Å². The lowest BCUT2D eigenvalue weighted by Gasteiger charge is -2.17. The fraction of sp³-hybridized carbons (Fsp3) is 0.238. The second-order valence-electron chi connectivity index (χ2n) is 6.49. The van der Waals surface area contributed by atoms with Gasteiger partial charge in [0.15, 0.2) is 0 Å². The molecule has 2 heteroatoms. The first-order chi connectivity index (χ1) is 11.0. The monoisotopic (exact) mass is 336 g/mol. The van der Waals surface area contributed by atoms with Gasteiger partial charge < -0.3 is 0 Å². The molecule has 0 unspecified atom stereocenters. The highest BCUT2D eigenvalue weighted by Gasteiger charge is 2.11. The van der Waals surface area contributed by atoms with Crippen molar-refractivity contribution in [3.8, 4) is 11.8 Å². The average Bonchev–Trinajstić information content (AvgIpc) is 3.16. The molecule has 0 saturated carbocycles. The molecule has 0 amide bonds. The molecule has 3 rings (SSSR count). The van der Waals surface area contributed by atoms with Crippen LogP contribution in [0.4, 0.5) is 0 Å². The van der Waals surface area contributed by atoms with Crippen LogP contribution >= 0.6 is 23.1 Å². The molecule has 0 radical (unpaired) electrons. The van der Waals surface area contributed by atoms with E-state index in [0.717, 1.165) is 10.4 Å². The van der Waals surface area contributed by atoms with Crippen LogP contribution in [-0.4, -0.2) is 4.75 Å². The van der Waals surface area contributed by atoms with Crippen LogP contribution in [0.2, 0.25) is 0 Å². The molecule has 0 bridgehead atoms. The number of thioether (sulfide) groups is 1. The minimum absolute atomic E-state index is 0.240. The SMILES string of the molecule is CC(C)(C)Sc1ccc(C#Cc2ccc(C3C=CC=C3)s2)cc1. The van der Waals surface area contributed by atoms with Gasteiger partial charge in [-0.1, -0.05) is 56.9 Å². The summed E-state index contributed by atoms with van der Waals surface area (Å²) in [6.45, 7) is 6.69. The molecule has 1 aliphatic rings. The summed E-state index contributed by atoms with van der Waals surface area (Å²) in [6.07, 6.45) is 8.64. The fourth-order valence-electron chi connectivity index (χ4n) is 2.31. The Kier molecular flexibility index (Phi) is 4.80. The van der Waals surface area contributed by atoms with E-state index >= 15 is 0 Å². The number of benzene rings is 1. The summed E-state index contributed by atoms with van der Waals surface area (Å²) in [5.74, 6) is 6.99. The minimum atomic E-state index is 0.240. The topological polar surface area (TPSA) is 0 Å². The van der Waals surface area contributed by atoms with E-state index in [1.807, 2.05) is 11.8 Å². The molecule has 0 spiro atoms. The quantitative estimate of drug-likeness (QED) is 0.461. The summed E-state index contributed by atoms with van der Waals surface area (Å²) in [4.78, 5) is 3.78. The number of rotatable bonds is 2. The molecular formula is C21H20S2. The second-order valence-corrected chi connectivity index (χ2v) is 9.50. The molecule has 1 aromatic heterocycles. The lowest BCUT2D eigenvalue weighted by Crippen LogP contribution is -2.06. The lowest BCUT2D eigenvalue weighted by atomic mass is 10.1. The van der Waals surface area contributed by atoms with Crippen LogP contribution in [0.3, 0.4) is 0 Å². The van der Waals surface area contributed by atoms with Crippen LogP contribution in [0.5, 0.6) is 0 Å². The van der Waals surface area contributed by atoms with E-state index in [-0.39, 0.29) is 4.75 Å². The predicted molar refractivity (Wildman–Crippen MR) is 103 cm³/mol. The molecule has 2 aromatic rings. The van der Waals surface area contributed by atoms with Gasteiger partial charge in [-0.25, -0.2) is 0 Å². The highest BCUT2D eigenvalue weighted by Crippen LogP contribution is 2.32. The van der Waals surface area contributed by atoms with Crippen molar-refractivity contribution in [2.75, 3.05) is 0 Å². The summed E-state index contributed by atoms with van der Waals surface area (Å²) < 4.78 is 0.240. The van der Waals surface area contributed by atoms with Gasteiger partial charge in [-0.15, -0.1) is 23.1 Å². The van der Waals surface area contributed by atoms with E-state index in [1.165, 1.54) is 9.77 Å². The standard InChI is InChI=1S/C21H20S2/c1-21(2,3)23-19-12-9-16(10-13-19)8-11-18-14-15-20(22-18)17-6-4-5-7-17/h4-7,9-10,12-15,17H,1-3H3. The van der Waals surface area contributed by atoms with Gasteiger partial charge in [0.05, 0.1) is 4.88 Å². The highest BCUT2D eigenvalue weighted by atomic mass is 32.2. The maximum absolute atomic E-state index is 3.29. The van der Waals surface area contributed by atoms with Crippen LogP contribution in [0, 0.1) is 11.8 Å². The van der Waals surface area contributed by atoms with Gasteiger partial charge in [-0.2, -0.15) is 0 Å². The Hall–Kier alpha value is -1.69. The molecule has 0 aliphatic heterocycles. The van der Waals surface area contributed by atoms with E-state index < -0.39 is 0 Å². The molecule has 1 aliphatic carbocycles. The van der Waals surface area contributed by atoms with Crippen LogP contribution in [0.25, 0.3) is 0 Å². The smallest absolute Gasteiger partial charge is 0.0775 e. The van der Waals surface area contributed by atoms with Gasteiger partial charge in [0.2, 0.25) is 0 Å². The van der Waals surface area contributed by atoms with Gasteiger partial charge >= 0.3 is 0 Å². The average molecular weight is 337 g/mol. The summed E-state index contributed by atoms with van der Waals surface area (Å²) in [5, 5.41) is 0. The zero-order valence-corrected chi connectivity index (χ0v) is 15.3. The minimum Gasteiger partial charge on any atom is -0.131 e. The van der Waals surface area contributed by atoms with Gasteiger partial charge in [0, 0.05) is 26.0 Å². The largest absolute Gasteiger partial charge is 0.131 e. The number of hydrogen-bond acceptors (Lipinski definition) is 2. The van der Waals surface area contributed by atoms with E-state index in [4.69, 9.17) is 0 Å². The van der Waals surface area contributed by atoms with Crippen LogP contribution < -0.4 is 0 Å². The first kappa shape index (κ1) is 16.2. The zero-order valence-electron chi connectivity index (χ0n) is 13.7. The summed E-state index contributed by atoms with van der Waals surface area (Å²) in [5.41, 5.74) is 1.07. The van der Waals surface area contributed by atoms with Crippen LogP contribution in [0.1, 0.15) is 42.0 Å². The maximum Gasteiger partial charge on any atom is 0.0775 e. The van der Waals surface area contributed by atoms with Gasteiger partial charge in [-0.3, -0.25) is 0 Å². The molecule has 1 aromatic carbocycles. The van der Waals surface area contributed by atoms with Gasteiger partial charge in [0.1, 0.15) is 0 Å². The van der Waals surface area contributed by atoms with Crippen molar-refractivity contribution in [3.63, 3.8) is 0 Å². The zero-order chi connectivity index (χ0) is 16.3. The normalized spacial score (nSPS) is 14.0. The second kappa shape index (κ2) is 6.83. The molecule has 0 N–H and O–H groups in total. The third kappa shape index (κ3) is 4.64. The number of hydrogen-bond donors (Lipinski definition) is 0. The predicted octanol–water partition coefficient (Wildman–Crippen LogP) is 6.25. The van der Waals surface area contributed by atoms with E-state index in [9.17, 15) is 0 Å². The molecule has 0 atom stereocenters. The summed E-state index contributed by atoms with van der Waals surface area (Å²) in [6, 6.07) is 12.8. The molecule has 0 nitrogen and oxygen atoms in total. The first-order valence-electron chi connectivity index (χ1n) is 7.75. The Labute approximate surface area is 147 Å². The Morgan fingerprint density at radius 1 is 0.913 bits per heavy atom. The van der Waals surface area contributed by atoms with Crippen molar-refractivity contribution in [3.05, 3.63) is 76.0 Å². The molecule has 116 valence electrons. The molecule has 0 fully saturated rings. The molecular weight excluding hydrogens is 316 g/mol. The maximum atomic E-state index is 3.29. The van der Waals surface area contributed by atoms with Gasteiger partial charge in [-0.05, 0) is 36.4 Å². The molecule has 1 heterocycles. The lowest BCUT2D eigenvalue weighted by molar-refractivity contribution is 0.803. The summed E-state index contributed by atoms with van der Waals surface area (Å²) >= 11 is 3.66. The first-order valence-corrected chi connectivity index (χ1v) is 9.39. The Bertz CT molecular complexity index is 775.